The Labute approximate surface area is 130 Å². The number of hydrogen-bond acceptors (Lipinski definition) is 6. The van der Waals surface area contributed by atoms with Gasteiger partial charge in [-0.3, -0.25) is 0 Å². The predicted octanol–water partition coefficient (Wildman–Crippen LogP) is 1.57. The van der Waals surface area contributed by atoms with Crippen LogP contribution >= 0.6 is 0 Å². The molecular weight excluding hydrogens is 290 g/mol. The average Bonchev–Trinajstić information content (AvgIpc) is 2.48. The minimum absolute atomic E-state index is 0.0143. The van der Waals surface area contributed by atoms with Gasteiger partial charge in [0.15, 0.2) is 0 Å². The number of alkyl carbamates (subject to hydrolysis) is 1. The highest BCUT2D eigenvalue weighted by molar-refractivity contribution is 5.67. The first-order valence-electron chi connectivity index (χ1n) is 7.97. The normalized spacial score (nSPS) is 27.1. The van der Waals surface area contributed by atoms with Crippen LogP contribution in [0.15, 0.2) is 0 Å². The molecule has 0 radical (unpaired) electrons. The molecule has 0 aromatic heterocycles. The summed E-state index contributed by atoms with van der Waals surface area (Å²) in [6.45, 7) is 2.48. The molecule has 0 unspecified atom stereocenters. The fraction of sp³-hybridized carbons (Fsp3) is 0.929. The lowest BCUT2D eigenvalue weighted by Crippen LogP contribution is -2.39. The minimum Gasteiger partial charge on any atom is -0.446 e. The van der Waals surface area contributed by atoms with Crippen LogP contribution in [-0.4, -0.2) is 55.0 Å². The van der Waals surface area contributed by atoms with Crippen molar-refractivity contribution in [1.82, 2.24) is 10.2 Å². The summed E-state index contributed by atoms with van der Waals surface area (Å²) in [5.41, 5.74) is 0. The molecule has 0 atom stereocenters. The Balaban J connectivity index is 1.58. The third-order valence-corrected chi connectivity index (χ3v) is 4.50. The summed E-state index contributed by atoms with van der Waals surface area (Å²) in [5.74, 6) is 0.344. The molecule has 2 rings (SSSR count). The summed E-state index contributed by atoms with van der Waals surface area (Å²) >= 11 is 0. The van der Waals surface area contributed by atoms with Crippen molar-refractivity contribution in [2.75, 3.05) is 26.7 Å². The third-order valence-electron chi connectivity index (χ3n) is 4.50. The summed E-state index contributed by atoms with van der Waals surface area (Å²) in [4.78, 5) is 28.9. The largest absolute Gasteiger partial charge is 0.446 e. The van der Waals surface area contributed by atoms with E-state index in [1.54, 1.807) is 0 Å². The third kappa shape index (κ3) is 5.67. The van der Waals surface area contributed by atoms with Gasteiger partial charge in [-0.15, -0.1) is 10.1 Å². The maximum absolute atomic E-state index is 11.8. The minimum atomic E-state index is -0.720. The van der Waals surface area contributed by atoms with Gasteiger partial charge in [0.2, 0.25) is 0 Å². The van der Waals surface area contributed by atoms with Crippen LogP contribution in [0.1, 0.15) is 38.5 Å². The van der Waals surface area contributed by atoms with Crippen molar-refractivity contribution in [1.29, 1.82) is 0 Å². The van der Waals surface area contributed by atoms with Crippen molar-refractivity contribution in [2.24, 2.45) is 5.92 Å². The number of likely N-dealkylation sites (tertiary alicyclic amines) is 1. The highest BCUT2D eigenvalue weighted by Gasteiger charge is 2.25. The maximum atomic E-state index is 11.8. The summed E-state index contributed by atoms with van der Waals surface area (Å²) in [6.07, 6.45) is 4.12. The number of ether oxygens (including phenoxy) is 1. The molecule has 2 aliphatic rings. The van der Waals surface area contributed by atoms with Crippen molar-refractivity contribution in [3.63, 3.8) is 0 Å². The number of piperidine rings is 1. The molecule has 0 aromatic carbocycles. The molecule has 1 N–H and O–H groups in total. The fourth-order valence-corrected chi connectivity index (χ4v) is 3.09. The van der Waals surface area contributed by atoms with E-state index >= 15 is 0 Å². The topological polar surface area (TPSA) is 93.9 Å². The Hall–Kier alpha value is -1.57. The van der Waals surface area contributed by atoms with Gasteiger partial charge >= 0.3 is 6.09 Å². The van der Waals surface area contributed by atoms with E-state index in [4.69, 9.17) is 4.74 Å². The highest BCUT2D eigenvalue weighted by Crippen LogP contribution is 2.25. The van der Waals surface area contributed by atoms with E-state index in [1.165, 1.54) is 0 Å². The molecule has 0 bridgehead atoms. The van der Waals surface area contributed by atoms with Crippen LogP contribution in [0.2, 0.25) is 0 Å². The quantitative estimate of drug-likeness (QED) is 0.611. The lowest BCUT2D eigenvalue weighted by Gasteiger charge is -2.29. The summed E-state index contributed by atoms with van der Waals surface area (Å²) in [5, 5.41) is 12.4. The Morgan fingerprint density at radius 3 is 2.41 bits per heavy atom. The number of carbonyl (C=O) groups is 1. The van der Waals surface area contributed by atoms with Gasteiger partial charge in [0.1, 0.15) is 12.2 Å². The van der Waals surface area contributed by atoms with Gasteiger partial charge in [0, 0.05) is 19.6 Å². The van der Waals surface area contributed by atoms with Crippen LogP contribution in [0.3, 0.4) is 0 Å². The van der Waals surface area contributed by atoms with Gasteiger partial charge in [-0.25, -0.2) is 4.79 Å². The van der Waals surface area contributed by atoms with Crippen LogP contribution in [0.5, 0.6) is 0 Å². The van der Waals surface area contributed by atoms with Crippen LogP contribution < -0.4 is 5.32 Å². The molecule has 1 heterocycles. The summed E-state index contributed by atoms with van der Waals surface area (Å²) < 4.78 is 5.41. The average molecular weight is 315 g/mol. The molecule has 1 aliphatic carbocycles. The zero-order valence-corrected chi connectivity index (χ0v) is 13.0. The van der Waals surface area contributed by atoms with Crippen molar-refractivity contribution in [2.45, 2.75) is 50.7 Å². The molecule has 22 heavy (non-hydrogen) atoms. The SMILES string of the molecule is CN1CCC(OC(=O)NCC2CCC(O[N+](=O)[O-])CC2)CC1. The van der Waals surface area contributed by atoms with Crippen LogP contribution in [0.25, 0.3) is 0 Å². The smallest absolute Gasteiger partial charge is 0.407 e. The van der Waals surface area contributed by atoms with Gasteiger partial charge in [-0.1, -0.05) is 0 Å². The van der Waals surface area contributed by atoms with E-state index in [0.717, 1.165) is 38.8 Å². The number of nitrogens with one attached hydrogen (secondary N) is 1. The number of carbonyl (C=O) groups excluding carboxylic acids is 1. The predicted molar refractivity (Wildman–Crippen MR) is 78.8 cm³/mol. The summed E-state index contributed by atoms with van der Waals surface area (Å²) in [6, 6.07) is 0. The molecule has 0 spiro atoms. The second-order valence-electron chi connectivity index (χ2n) is 6.26. The highest BCUT2D eigenvalue weighted by atomic mass is 17.0. The molecule has 1 saturated carbocycles. The molecular formula is C14H25N3O5. The maximum Gasteiger partial charge on any atom is 0.407 e. The van der Waals surface area contributed by atoms with Crippen molar-refractivity contribution >= 4 is 6.09 Å². The Bertz CT molecular complexity index is 377. The van der Waals surface area contributed by atoms with Gasteiger partial charge in [-0.05, 0) is 51.5 Å². The van der Waals surface area contributed by atoms with Crippen LogP contribution in [-0.2, 0) is 9.57 Å². The first-order chi connectivity index (χ1) is 10.5. The molecule has 2 fully saturated rings. The second-order valence-corrected chi connectivity index (χ2v) is 6.26. The van der Waals surface area contributed by atoms with Crippen molar-refractivity contribution < 1.29 is 19.5 Å². The van der Waals surface area contributed by atoms with Gasteiger partial charge in [0.05, 0.1) is 0 Å². The van der Waals surface area contributed by atoms with E-state index in [2.05, 4.69) is 22.1 Å². The Morgan fingerprint density at radius 1 is 1.18 bits per heavy atom. The monoisotopic (exact) mass is 315 g/mol. The standard InChI is InChI=1S/C14H25N3O5/c1-16-8-6-12(7-9-16)21-14(18)15-10-11-2-4-13(5-3-11)22-17(19)20/h11-13H,2-10H2,1H3,(H,15,18). The van der Waals surface area contributed by atoms with E-state index in [-0.39, 0.29) is 18.3 Å². The first-order valence-corrected chi connectivity index (χ1v) is 7.97. The molecule has 1 aliphatic heterocycles. The van der Waals surface area contributed by atoms with Gasteiger partial charge in [0.25, 0.3) is 5.09 Å². The molecule has 1 saturated heterocycles. The van der Waals surface area contributed by atoms with E-state index < -0.39 is 5.09 Å². The van der Waals surface area contributed by atoms with E-state index in [1.807, 2.05) is 0 Å². The molecule has 8 heteroatoms. The first kappa shape index (κ1) is 16.8. The number of rotatable bonds is 5. The molecule has 126 valence electrons. The van der Waals surface area contributed by atoms with Gasteiger partial charge < -0.3 is 19.8 Å². The lowest BCUT2D eigenvalue weighted by atomic mass is 9.87. The Kier molecular flexibility index (Phi) is 6.23. The summed E-state index contributed by atoms with van der Waals surface area (Å²) in [7, 11) is 2.06. The number of nitrogens with zero attached hydrogens (tertiary/aromatic N) is 2. The molecule has 8 nitrogen and oxygen atoms in total. The van der Waals surface area contributed by atoms with Crippen molar-refractivity contribution in [3.05, 3.63) is 10.1 Å². The lowest BCUT2D eigenvalue weighted by molar-refractivity contribution is -0.769. The zero-order valence-electron chi connectivity index (χ0n) is 13.0. The fourth-order valence-electron chi connectivity index (χ4n) is 3.09. The molecule has 0 aromatic rings. The van der Waals surface area contributed by atoms with Crippen LogP contribution in [0, 0.1) is 16.0 Å². The van der Waals surface area contributed by atoms with E-state index in [0.29, 0.717) is 25.3 Å². The van der Waals surface area contributed by atoms with E-state index in [9.17, 15) is 14.9 Å². The van der Waals surface area contributed by atoms with Gasteiger partial charge in [-0.2, -0.15) is 0 Å². The number of amides is 1. The van der Waals surface area contributed by atoms with Crippen molar-refractivity contribution in [3.8, 4) is 0 Å². The zero-order chi connectivity index (χ0) is 15.9. The van der Waals surface area contributed by atoms with Crippen LogP contribution in [0.4, 0.5) is 4.79 Å². The second kappa shape index (κ2) is 8.17. The Morgan fingerprint density at radius 2 is 1.82 bits per heavy atom. The molecule has 1 amide bonds. The number of hydrogen-bond donors (Lipinski definition) is 1.